The molecule has 1 aromatic carbocycles. The number of amides is 2. The van der Waals surface area contributed by atoms with Crippen molar-refractivity contribution in [2.75, 3.05) is 25.1 Å². The number of hydrogen-bond donors (Lipinski definition) is 2. The minimum atomic E-state index is -0.237. The Labute approximate surface area is 179 Å². The van der Waals surface area contributed by atoms with Gasteiger partial charge < -0.3 is 19.6 Å². The topological polar surface area (TPSA) is 91.2 Å². The smallest absolute Gasteiger partial charge is 0.289 e. The van der Waals surface area contributed by atoms with Crippen LogP contribution in [0.4, 0.5) is 0 Å². The molecule has 1 aliphatic rings. The normalized spacial score (nSPS) is 17.8. The predicted octanol–water partition coefficient (Wildman–Crippen LogP) is 3.62. The zero-order valence-corrected chi connectivity index (χ0v) is 17.8. The number of carbonyl (C=O) groups is 2. The van der Waals surface area contributed by atoms with E-state index < -0.39 is 0 Å². The summed E-state index contributed by atoms with van der Waals surface area (Å²) in [6.07, 6.45) is 5.89. The van der Waals surface area contributed by atoms with Gasteiger partial charge in [-0.15, -0.1) is 0 Å². The maximum atomic E-state index is 13.1. The van der Waals surface area contributed by atoms with Gasteiger partial charge in [-0.1, -0.05) is 12.1 Å². The van der Waals surface area contributed by atoms with Gasteiger partial charge in [-0.2, -0.15) is 11.8 Å². The van der Waals surface area contributed by atoms with Gasteiger partial charge in [0.15, 0.2) is 5.76 Å². The molecule has 1 fully saturated rings. The third-order valence-electron chi connectivity index (χ3n) is 5.48. The molecule has 0 spiro atoms. The summed E-state index contributed by atoms with van der Waals surface area (Å²) in [5, 5.41) is 3.19. The highest BCUT2D eigenvalue weighted by Crippen LogP contribution is 2.23. The fourth-order valence-electron chi connectivity index (χ4n) is 3.87. The maximum Gasteiger partial charge on any atom is 0.289 e. The van der Waals surface area contributed by atoms with Crippen LogP contribution < -0.4 is 5.32 Å². The van der Waals surface area contributed by atoms with Crippen molar-refractivity contribution in [3.8, 4) is 0 Å². The molecule has 7 nitrogen and oxygen atoms in total. The molecule has 4 rings (SSSR count). The predicted molar refractivity (Wildman–Crippen MR) is 117 cm³/mol. The van der Waals surface area contributed by atoms with E-state index in [1.165, 1.54) is 6.26 Å². The zero-order valence-electron chi connectivity index (χ0n) is 17.0. The average molecular weight is 427 g/mol. The molecule has 3 aromatic rings. The second kappa shape index (κ2) is 9.38. The summed E-state index contributed by atoms with van der Waals surface area (Å²) in [4.78, 5) is 35.4. The van der Waals surface area contributed by atoms with Crippen LogP contribution in [-0.4, -0.2) is 51.8 Å². The average Bonchev–Trinajstić information content (AvgIpc) is 3.46. The Kier molecular flexibility index (Phi) is 6.42. The molecule has 0 saturated carbocycles. The second-order valence-electron chi connectivity index (χ2n) is 7.55. The van der Waals surface area contributed by atoms with Crippen molar-refractivity contribution in [2.45, 2.75) is 25.3 Å². The second-order valence-corrected chi connectivity index (χ2v) is 8.54. The first-order valence-electron chi connectivity index (χ1n) is 10.2. The van der Waals surface area contributed by atoms with Crippen molar-refractivity contribution in [1.29, 1.82) is 0 Å². The summed E-state index contributed by atoms with van der Waals surface area (Å²) in [5.74, 6) is 1.58. The highest BCUT2D eigenvalue weighted by Gasteiger charge is 2.31. The largest absolute Gasteiger partial charge is 0.459 e. The van der Waals surface area contributed by atoms with Crippen LogP contribution in [-0.2, 0) is 4.79 Å². The van der Waals surface area contributed by atoms with E-state index in [1.54, 1.807) is 28.8 Å². The van der Waals surface area contributed by atoms with Crippen LogP contribution in [0, 0.1) is 5.92 Å². The Balaban J connectivity index is 1.45. The molecule has 2 amide bonds. The number of piperidine rings is 1. The Bertz CT molecular complexity index is 968. The van der Waals surface area contributed by atoms with E-state index in [4.69, 9.17) is 4.42 Å². The minimum absolute atomic E-state index is 0.0292. The number of carbonyl (C=O) groups excluding carboxylic acids is 2. The van der Waals surface area contributed by atoms with Gasteiger partial charge in [0, 0.05) is 13.1 Å². The number of nitrogens with one attached hydrogen (secondary N) is 2. The molecule has 158 valence electrons. The van der Waals surface area contributed by atoms with Crippen molar-refractivity contribution >= 4 is 34.6 Å². The fourth-order valence-corrected chi connectivity index (χ4v) is 4.34. The number of imidazole rings is 1. The van der Waals surface area contributed by atoms with Gasteiger partial charge in [-0.3, -0.25) is 9.59 Å². The lowest BCUT2D eigenvalue weighted by Crippen LogP contribution is -2.46. The van der Waals surface area contributed by atoms with Crippen molar-refractivity contribution in [3.63, 3.8) is 0 Å². The number of aromatic nitrogens is 2. The van der Waals surface area contributed by atoms with Gasteiger partial charge in [0.2, 0.25) is 5.91 Å². The zero-order chi connectivity index (χ0) is 20.9. The third kappa shape index (κ3) is 4.53. The van der Waals surface area contributed by atoms with Crippen molar-refractivity contribution in [2.24, 2.45) is 5.92 Å². The summed E-state index contributed by atoms with van der Waals surface area (Å²) in [7, 11) is 0. The van der Waals surface area contributed by atoms with E-state index >= 15 is 0 Å². The van der Waals surface area contributed by atoms with Crippen molar-refractivity contribution < 1.29 is 14.0 Å². The monoisotopic (exact) mass is 426 g/mol. The number of benzene rings is 1. The summed E-state index contributed by atoms with van der Waals surface area (Å²) < 4.78 is 5.23. The summed E-state index contributed by atoms with van der Waals surface area (Å²) in [6.45, 7) is 1.05. The van der Waals surface area contributed by atoms with Crippen molar-refractivity contribution in [1.82, 2.24) is 20.2 Å². The number of aromatic amines is 1. The highest BCUT2D eigenvalue weighted by atomic mass is 32.2. The number of rotatable bonds is 7. The number of hydrogen-bond acceptors (Lipinski definition) is 5. The molecule has 30 heavy (non-hydrogen) atoms. The molecule has 2 aromatic heterocycles. The van der Waals surface area contributed by atoms with E-state index in [1.807, 2.05) is 24.3 Å². The highest BCUT2D eigenvalue weighted by molar-refractivity contribution is 7.98. The van der Waals surface area contributed by atoms with E-state index in [2.05, 4.69) is 21.5 Å². The van der Waals surface area contributed by atoms with Crippen molar-refractivity contribution in [3.05, 3.63) is 54.2 Å². The lowest BCUT2D eigenvalue weighted by Gasteiger charge is -2.32. The molecule has 1 saturated heterocycles. The molecular weight excluding hydrogens is 400 g/mol. The Morgan fingerprint density at radius 3 is 2.97 bits per heavy atom. The molecule has 3 heterocycles. The summed E-state index contributed by atoms with van der Waals surface area (Å²) in [5.41, 5.74) is 1.85. The number of H-pyrrole nitrogens is 1. The number of furan rings is 1. The lowest BCUT2D eigenvalue weighted by molar-refractivity contribution is -0.127. The first-order chi connectivity index (χ1) is 14.7. The summed E-state index contributed by atoms with van der Waals surface area (Å²) in [6, 6.07) is 11.0. The van der Waals surface area contributed by atoms with Crippen LogP contribution in [0.5, 0.6) is 0 Å². The molecule has 0 bridgehead atoms. The van der Waals surface area contributed by atoms with Crippen LogP contribution >= 0.6 is 11.8 Å². The molecule has 1 aliphatic heterocycles. The Hall–Kier alpha value is -2.74. The first-order valence-corrected chi connectivity index (χ1v) is 11.6. The number of likely N-dealkylation sites (tertiary alicyclic amines) is 1. The van der Waals surface area contributed by atoms with E-state index in [0.717, 1.165) is 41.9 Å². The number of fused-ring (bicyclic) bond motifs is 1. The third-order valence-corrected chi connectivity index (χ3v) is 6.12. The quantitative estimate of drug-likeness (QED) is 0.602. The summed E-state index contributed by atoms with van der Waals surface area (Å²) >= 11 is 1.74. The number of thioether (sulfide) groups is 1. The maximum absolute atomic E-state index is 13.1. The van der Waals surface area contributed by atoms with Gasteiger partial charge in [-0.05, 0) is 55.5 Å². The molecular formula is C22H26N4O3S. The SMILES string of the molecule is CSCC[C@H](NC(=O)[C@H]1CCCN(C(=O)c2ccco2)C1)c1nc2ccccc2[nH]1. The van der Waals surface area contributed by atoms with E-state index in [0.29, 0.717) is 18.8 Å². The van der Waals surface area contributed by atoms with E-state index in [9.17, 15) is 9.59 Å². The minimum Gasteiger partial charge on any atom is -0.459 e. The van der Waals surface area contributed by atoms with Gasteiger partial charge in [0.25, 0.3) is 5.91 Å². The Morgan fingerprint density at radius 1 is 1.33 bits per heavy atom. The van der Waals surface area contributed by atoms with Crippen LogP contribution in [0.1, 0.15) is 41.7 Å². The molecule has 2 N–H and O–H groups in total. The molecule has 0 radical (unpaired) electrons. The number of para-hydroxylation sites is 2. The molecule has 8 heteroatoms. The Morgan fingerprint density at radius 2 is 2.20 bits per heavy atom. The lowest BCUT2D eigenvalue weighted by atomic mass is 9.96. The van der Waals surface area contributed by atoms with Crippen LogP contribution in [0.15, 0.2) is 47.1 Å². The molecule has 0 unspecified atom stereocenters. The molecule has 2 atom stereocenters. The van der Waals surface area contributed by atoms with Crippen LogP contribution in [0.2, 0.25) is 0 Å². The standard InChI is InChI=1S/C22H26N4O3S/c1-30-13-10-18(20-23-16-7-2-3-8-17(16)24-20)25-21(27)15-6-4-11-26(14-15)22(28)19-9-5-12-29-19/h2-3,5,7-9,12,15,18H,4,6,10-11,13-14H2,1H3,(H,23,24)(H,25,27)/t15-,18-/m0/s1. The van der Waals surface area contributed by atoms with Crippen LogP contribution in [0.3, 0.4) is 0 Å². The van der Waals surface area contributed by atoms with Crippen LogP contribution in [0.25, 0.3) is 11.0 Å². The fraction of sp³-hybridized carbons (Fsp3) is 0.409. The first kappa shape index (κ1) is 20.5. The van der Waals surface area contributed by atoms with Gasteiger partial charge in [-0.25, -0.2) is 4.98 Å². The van der Waals surface area contributed by atoms with Gasteiger partial charge >= 0.3 is 0 Å². The van der Waals surface area contributed by atoms with E-state index in [-0.39, 0.29) is 23.8 Å². The number of nitrogens with zero attached hydrogens (tertiary/aromatic N) is 2. The molecule has 0 aliphatic carbocycles. The van der Waals surface area contributed by atoms with Gasteiger partial charge in [0.05, 0.1) is 29.3 Å². The van der Waals surface area contributed by atoms with Gasteiger partial charge in [0.1, 0.15) is 5.82 Å².